The van der Waals surface area contributed by atoms with E-state index in [1.807, 2.05) is 4.72 Å². The zero-order valence-electron chi connectivity index (χ0n) is 19.3. The summed E-state index contributed by atoms with van der Waals surface area (Å²) >= 11 is 0. The molecule has 3 rings (SSSR count). The minimum Gasteiger partial charge on any atom is -0.497 e. The Labute approximate surface area is 195 Å². The van der Waals surface area contributed by atoms with Gasteiger partial charge in [-0.2, -0.15) is 17.9 Å². The van der Waals surface area contributed by atoms with Crippen LogP contribution < -0.4 is 9.46 Å². The highest BCUT2D eigenvalue weighted by Crippen LogP contribution is 2.30. The van der Waals surface area contributed by atoms with E-state index in [0.29, 0.717) is 22.3 Å². The minimum absolute atomic E-state index is 0.151. The second kappa shape index (κ2) is 9.30. The van der Waals surface area contributed by atoms with Crippen molar-refractivity contribution in [2.24, 2.45) is 0 Å². The lowest BCUT2D eigenvalue weighted by Crippen LogP contribution is -2.48. The molecule has 11 heteroatoms. The van der Waals surface area contributed by atoms with Crippen molar-refractivity contribution in [3.05, 3.63) is 58.8 Å². The second-order valence-electron chi connectivity index (χ2n) is 8.00. The zero-order valence-corrected chi connectivity index (χ0v) is 20.1. The van der Waals surface area contributed by atoms with E-state index in [4.69, 9.17) is 9.47 Å². The normalized spacial score (nSPS) is 13.2. The molecule has 0 aliphatic rings. The van der Waals surface area contributed by atoms with E-state index in [1.54, 1.807) is 31.2 Å². The van der Waals surface area contributed by atoms with E-state index in [0.717, 1.165) is 17.2 Å². The fraction of sp³-hybridized carbons (Fsp3) is 0.348. The topological polar surface area (TPSA) is 86.6 Å². The van der Waals surface area contributed by atoms with Crippen LogP contribution in [0.5, 0.6) is 5.75 Å². The van der Waals surface area contributed by atoms with Gasteiger partial charge in [0.15, 0.2) is 0 Å². The van der Waals surface area contributed by atoms with Gasteiger partial charge in [-0.05, 0) is 50.1 Å². The van der Waals surface area contributed by atoms with E-state index in [9.17, 15) is 26.4 Å². The van der Waals surface area contributed by atoms with Gasteiger partial charge in [0, 0.05) is 18.0 Å². The number of nitrogens with zero attached hydrogens (tertiary/aromatic N) is 1. The molecular weight excluding hydrogens is 473 g/mol. The molecule has 0 bridgehead atoms. The highest BCUT2D eigenvalue weighted by molar-refractivity contribution is 7.89. The molecule has 2 aromatic carbocycles. The number of methoxy groups -OCH3 is 2. The molecule has 0 saturated carbocycles. The van der Waals surface area contributed by atoms with Crippen LogP contribution in [-0.2, 0) is 21.3 Å². The Kier molecular flexibility index (Phi) is 6.99. The summed E-state index contributed by atoms with van der Waals surface area (Å²) in [5.41, 5.74) is 1.56. The van der Waals surface area contributed by atoms with E-state index in [2.05, 4.69) is 0 Å². The molecule has 1 heterocycles. The van der Waals surface area contributed by atoms with Crippen molar-refractivity contribution in [1.29, 1.82) is 0 Å². The molecule has 34 heavy (non-hydrogen) atoms. The Morgan fingerprint density at radius 3 is 2.21 bits per heavy atom. The zero-order chi connectivity index (χ0) is 25.4. The first-order chi connectivity index (χ1) is 15.8. The van der Waals surface area contributed by atoms with E-state index in [-0.39, 0.29) is 16.1 Å². The fourth-order valence-corrected chi connectivity index (χ4v) is 5.72. The number of ether oxygens (including phenoxy) is 2. The Morgan fingerprint density at radius 2 is 1.68 bits per heavy atom. The second-order valence-corrected chi connectivity index (χ2v) is 9.65. The monoisotopic (exact) mass is 498 g/mol. The summed E-state index contributed by atoms with van der Waals surface area (Å²) in [6.07, 6.45) is -4.96. The van der Waals surface area contributed by atoms with Crippen LogP contribution in [0.1, 0.15) is 27.2 Å². The highest BCUT2D eigenvalue weighted by Gasteiger charge is 2.43. The highest BCUT2D eigenvalue weighted by atomic mass is 32.2. The SMILES string of the molecule is COC(=O)c1cc2ccc(OC)cc2n1CC(NS(=O)(=O)c1c(C)cc(C)cc1C)C(F)(F)F. The van der Waals surface area contributed by atoms with E-state index < -0.39 is 34.8 Å². The number of carbonyl (C=O) groups is 1. The Hall–Kier alpha value is -3.05. The van der Waals surface area contributed by atoms with Crippen molar-refractivity contribution in [1.82, 2.24) is 9.29 Å². The number of halogens is 3. The first-order valence-electron chi connectivity index (χ1n) is 10.2. The van der Waals surface area contributed by atoms with Gasteiger partial charge in [-0.3, -0.25) is 0 Å². The molecule has 0 aliphatic carbocycles. The third-order valence-corrected chi connectivity index (χ3v) is 7.21. The largest absolute Gasteiger partial charge is 0.497 e. The van der Waals surface area contributed by atoms with Crippen LogP contribution in [-0.4, -0.2) is 45.4 Å². The summed E-state index contributed by atoms with van der Waals surface area (Å²) in [5.74, 6) is -0.498. The minimum atomic E-state index is -4.96. The summed E-state index contributed by atoms with van der Waals surface area (Å²) in [5, 5.41) is 0.468. The lowest BCUT2D eigenvalue weighted by molar-refractivity contribution is -0.154. The lowest BCUT2D eigenvalue weighted by atomic mass is 10.1. The van der Waals surface area contributed by atoms with Gasteiger partial charge in [0.1, 0.15) is 17.5 Å². The maximum atomic E-state index is 14.1. The average molecular weight is 499 g/mol. The number of esters is 1. The molecule has 0 saturated heterocycles. The number of fused-ring (bicyclic) bond motifs is 1. The van der Waals surface area contributed by atoms with Gasteiger partial charge in [0.25, 0.3) is 0 Å². The maximum Gasteiger partial charge on any atom is 0.406 e. The lowest BCUT2D eigenvalue weighted by Gasteiger charge is -2.24. The van der Waals surface area contributed by atoms with Gasteiger partial charge in [-0.15, -0.1) is 0 Å². The van der Waals surface area contributed by atoms with Crippen LogP contribution in [0.15, 0.2) is 41.3 Å². The Bertz CT molecular complexity index is 1320. The molecule has 1 aromatic heterocycles. The van der Waals surface area contributed by atoms with Crippen molar-refractivity contribution in [2.45, 2.75) is 44.4 Å². The number of sulfonamides is 1. The Morgan fingerprint density at radius 1 is 1.06 bits per heavy atom. The van der Waals surface area contributed by atoms with Crippen LogP contribution in [0, 0.1) is 20.8 Å². The molecule has 184 valence electrons. The van der Waals surface area contributed by atoms with Crippen molar-refractivity contribution >= 4 is 26.9 Å². The molecule has 0 aliphatic heterocycles. The number of carbonyl (C=O) groups excluding carboxylic acids is 1. The molecule has 0 fully saturated rings. The van der Waals surface area contributed by atoms with Crippen molar-refractivity contribution < 1.29 is 35.9 Å². The molecule has 0 spiro atoms. The molecule has 1 N–H and O–H groups in total. The van der Waals surface area contributed by atoms with Crippen molar-refractivity contribution in [3.63, 3.8) is 0 Å². The molecule has 3 aromatic rings. The Balaban J connectivity index is 2.12. The number of benzene rings is 2. The summed E-state index contributed by atoms with van der Waals surface area (Å²) in [4.78, 5) is 12.1. The molecule has 7 nitrogen and oxygen atoms in total. The van der Waals surface area contributed by atoms with Crippen LogP contribution in [0.3, 0.4) is 0 Å². The van der Waals surface area contributed by atoms with E-state index >= 15 is 0 Å². The van der Waals surface area contributed by atoms with Gasteiger partial charge in [-0.1, -0.05) is 17.7 Å². The van der Waals surface area contributed by atoms with Crippen molar-refractivity contribution in [2.75, 3.05) is 14.2 Å². The quantitative estimate of drug-likeness (QED) is 0.492. The first-order valence-corrected chi connectivity index (χ1v) is 11.7. The predicted octanol–water partition coefficient (Wildman–Crippen LogP) is 4.27. The third kappa shape index (κ3) is 5.05. The molecule has 0 radical (unpaired) electrons. The van der Waals surface area contributed by atoms with Crippen molar-refractivity contribution in [3.8, 4) is 5.75 Å². The number of nitrogens with one attached hydrogen (secondary N) is 1. The standard InChI is InChI=1S/C23H25F3N2O5S/c1-13-8-14(2)21(15(3)9-13)34(30,31)27-20(23(24,25)26)12-28-18-11-17(32-4)7-6-16(18)10-19(28)22(29)33-5/h6-11,20,27H,12H2,1-5H3. The number of alkyl halides is 3. The van der Waals surface area contributed by atoms with Crippen LogP contribution in [0.2, 0.25) is 0 Å². The molecule has 1 atom stereocenters. The predicted molar refractivity (Wildman–Crippen MR) is 121 cm³/mol. The molecule has 0 amide bonds. The van der Waals surface area contributed by atoms with Crippen LogP contribution in [0.25, 0.3) is 10.9 Å². The number of hydrogen-bond donors (Lipinski definition) is 1. The van der Waals surface area contributed by atoms with Gasteiger partial charge in [-0.25, -0.2) is 13.2 Å². The maximum absolute atomic E-state index is 14.1. The molecule has 1 unspecified atom stereocenters. The molecular formula is C23H25F3N2O5S. The number of hydrogen-bond acceptors (Lipinski definition) is 5. The van der Waals surface area contributed by atoms with E-state index in [1.165, 1.54) is 33.1 Å². The van der Waals surface area contributed by atoms with Gasteiger partial charge in [0.2, 0.25) is 10.0 Å². The smallest absolute Gasteiger partial charge is 0.406 e. The third-order valence-electron chi connectivity index (χ3n) is 5.44. The van der Waals surface area contributed by atoms with Gasteiger partial charge < -0.3 is 14.0 Å². The summed E-state index contributed by atoms with van der Waals surface area (Å²) < 4.78 is 81.2. The van der Waals surface area contributed by atoms with Crippen LogP contribution >= 0.6 is 0 Å². The number of rotatable bonds is 7. The summed E-state index contributed by atoms with van der Waals surface area (Å²) in [6.45, 7) is 3.92. The number of aromatic nitrogens is 1. The van der Waals surface area contributed by atoms with Gasteiger partial charge >= 0.3 is 12.1 Å². The first kappa shape index (κ1) is 25.6. The van der Waals surface area contributed by atoms with Crippen LogP contribution in [0.4, 0.5) is 13.2 Å². The fourth-order valence-electron chi connectivity index (χ4n) is 4.06. The summed E-state index contributed by atoms with van der Waals surface area (Å²) in [6, 6.07) is 6.69. The summed E-state index contributed by atoms with van der Waals surface area (Å²) in [7, 11) is -2.05. The average Bonchev–Trinajstić information content (AvgIpc) is 3.08. The number of aryl methyl sites for hydroxylation is 3. The van der Waals surface area contributed by atoms with Gasteiger partial charge in [0.05, 0.1) is 24.6 Å².